The lowest BCUT2D eigenvalue weighted by molar-refractivity contribution is -0.147. The molecule has 1 aromatic rings. The Morgan fingerprint density at radius 3 is 2.89 bits per heavy atom. The van der Waals surface area contributed by atoms with Crippen molar-refractivity contribution in [1.82, 2.24) is 4.90 Å². The van der Waals surface area contributed by atoms with Gasteiger partial charge in [-0.2, -0.15) is 0 Å². The fourth-order valence-corrected chi connectivity index (χ4v) is 2.74. The highest BCUT2D eigenvalue weighted by Crippen LogP contribution is 2.26. The van der Waals surface area contributed by atoms with Crippen molar-refractivity contribution in [2.75, 3.05) is 6.54 Å². The van der Waals surface area contributed by atoms with Crippen LogP contribution in [0.15, 0.2) is 18.2 Å². The van der Waals surface area contributed by atoms with Crippen molar-refractivity contribution in [3.05, 3.63) is 35.4 Å². The van der Waals surface area contributed by atoms with Crippen molar-refractivity contribution in [1.29, 1.82) is 0 Å². The van der Waals surface area contributed by atoms with Gasteiger partial charge in [-0.05, 0) is 31.4 Å². The number of carbonyl (C=O) groups is 1. The smallest absolute Gasteiger partial charge is 0.321 e. The van der Waals surface area contributed by atoms with Crippen LogP contribution in [0, 0.1) is 17.6 Å². The maximum atomic E-state index is 13.6. The van der Waals surface area contributed by atoms with E-state index in [0.29, 0.717) is 6.54 Å². The summed E-state index contributed by atoms with van der Waals surface area (Å²) in [7, 11) is 0. The second kappa shape index (κ2) is 5.65. The number of benzene rings is 1. The quantitative estimate of drug-likeness (QED) is 0.917. The van der Waals surface area contributed by atoms with Gasteiger partial charge >= 0.3 is 5.97 Å². The molecule has 5 heteroatoms. The maximum Gasteiger partial charge on any atom is 0.321 e. The SMILES string of the molecule is CC1CCCN(Cc2cccc(F)c2F)C1C(=O)O. The minimum Gasteiger partial charge on any atom is -0.480 e. The third-order valence-electron chi connectivity index (χ3n) is 3.70. The molecule has 1 aliphatic rings. The Morgan fingerprint density at radius 2 is 2.21 bits per heavy atom. The van der Waals surface area contributed by atoms with Gasteiger partial charge in [-0.25, -0.2) is 8.78 Å². The molecule has 1 heterocycles. The number of carboxylic acid groups (broad SMARTS) is 1. The first kappa shape index (κ1) is 13.9. The molecule has 0 aromatic heterocycles. The summed E-state index contributed by atoms with van der Waals surface area (Å²) in [5, 5.41) is 9.27. The average Bonchev–Trinajstić information content (AvgIpc) is 2.34. The van der Waals surface area contributed by atoms with E-state index in [1.165, 1.54) is 12.1 Å². The van der Waals surface area contributed by atoms with Crippen LogP contribution in [0.5, 0.6) is 0 Å². The fraction of sp³-hybridized carbons (Fsp3) is 0.500. The third-order valence-corrected chi connectivity index (χ3v) is 3.70. The van der Waals surface area contributed by atoms with Crippen LogP contribution in [-0.2, 0) is 11.3 Å². The Morgan fingerprint density at radius 1 is 1.47 bits per heavy atom. The van der Waals surface area contributed by atoms with Crippen LogP contribution in [0.25, 0.3) is 0 Å². The van der Waals surface area contributed by atoms with Gasteiger partial charge in [0, 0.05) is 12.1 Å². The second-order valence-corrected chi connectivity index (χ2v) is 5.09. The zero-order valence-electron chi connectivity index (χ0n) is 10.8. The van der Waals surface area contributed by atoms with Gasteiger partial charge in [0.15, 0.2) is 11.6 Å². The highest BCUT2D eigenvalue weighted by molar-refractivity contribution is 5.74. The molecule has 0 amide bonds. The van der Waals surface area contributed by atoms with Gasteiger partial charge in [0.05, 0.1) is 0 Å². The molecule has 0 bridgehead atoms. The van der Waals surface area contributed by atoms with Crippen LogP contribution in [-0.4, -0.2) is 28.6 Å². The molecule has 1 N–H and O–H groups in total. The molecule has 0 aliphatic carbocycles. The number of piperidine rings is 1. The van der Waals surface area contributed by atoms with Crippen molar-refractivity contribution in [2.24, 2.45) is 5.92 Å². The standard InChI is InChI=1S/C14H17F2NO2/c1-9-4-3-7-17(13(9)14(18)19)8-10-5-2-6-11(15)12(10)16/h2,5-6,9,13H,3-4,7-8H2,1H3,(H,18,19). The van der Waals surface area contributed by atoms with Crippen LogP contribution < -0.4 is 0 Å². The number of halogens is 2. The first-order chi connectivity index (χ1) is 9.00. The number of nitrogens with zero attached hydrogens (tertiary/aromatic N) is 1. The lowest BCUT2D eigenvalue weighted by Gasteiger charge is -2.37. The van der Waals surface area contributed by atoms with Gasteiger partial charge in [0.1, 0.15) is 6.04 Å². The fourth-order valence-electron chi connectivity index (χ4n) is 2.74. The zero-order valence-corrected chi connectivity index (χ0v) is 10.8. The predicted molar refractivity (Wildman–Crippen MR) is 66.6 cm³/mol. The summed E-state index contributed by atoms with van der Waals surface area (Å²) in [6.07, 6.45) is 1.72. The lowest BCUT2D eigenvalue weighted by atomic mass is 9.90. The van der Waals surface area contributed by atoms with E-state index in [1.807, 2.05) is 6.92 Å². The van der Waals surface area contributed by atoms with Gasteiger partial charge in [-0.1, -0.05) is 19.1 Å². The van der Waals surface area contributed by atoms with Crippen molar-refractivity contribution in [2.45, 2.75) is 32.4 Å². The van der Waals surface area contributed by atoms with Crippen LogP contribution in [0.1, 0.15) is 25.3 Å². The first-order valence-corrected chi connectivity index (χ1v) is 6.40. The van der Waals surface area contributed by atoms with E-state index < -0.39 is 23.6 Å². The van der Waals surface area contributed by atoms with Gasteiger partial charge in [-0.15, -0.1) is 0 Å². The van der Waals surface area contributed by atoms with Crippen molar-refractivity contribution in [3.8, 4) is 0 Å². The molecule has 19 heavy (non-hydrogen) atoms. The Labute approximate surface area is 110 Å². The molecule has 2 unspecified atom stereocenters. The Kier molecular flexibility index (Phi) is 4.14. The summed E-state index contributed by atoms with van der Waals surface area (Å²) in [4.78, 5) is 13.0. The molecule has 1 aliphatic heterocycles. The summed E-state index contributed by atoms with van der Waals surface area (Å²) in [5.74, 6) is -2.66. The molecular formula is C14H17F2NO2. The summed E-state index contributed by atoms with van der Waals surface area (Å²) < 4.78 is 26.8. The maximum absolute atomic E-state index is 13.6. The number of likely N-dealkylation sites (tertiary alicyclic amines) is 1. The molecule has 0 saturated carbocycles. The highest BCUT2D eigenvalue weighted by atomic mass is 19.2. The zero-order chi connectivity index (χ0) is 14.0. The van der Waals surface area contributed by atoms with Gasteiger partial charge in [-0.3, -0.25) is 9.69 Å². The molecule has 0 radical (unpaired) electrons. The van der Waals surface area contributed by atoms with Crippen LogP contribution in [0.2, 0.25) is 0 Å². The number of hydrogen-bond donors (Lipinski definition) is 1. The average molecular weight is 269 g/mol. The van der Waals surface area contributed by atoms with Gasteiger partial charge in [0.2, 0.25) is 0 Å². The second-order valence-electron chi connectivity index (χ2n) is 5.09. The minimum atomic E-state index is -0.899. The van der Waals surface area contributed by atoms with Crippen LogP contribution in [0.4, 0.5) is 8.78 Å². The van der Waals surface area contributed by atoms with Crippen LogP contribution in [0.3, 0.4) is 0 Å². The van der Waals surface area contributed by atoms with E-state index in [0.717, 1.165) is 18.9 Å². The number of rotatable bonds is 3. The first-order valence-electron chi connectivity index (χ1n) is 6.40. The molecule has 1 saturated heterocycles. The summed E-state index contributed by atoms with van der Waals surface area (Å²) in [5.41, 5.74) is 0.209. The largest absolute Gasteiger partial charge is 0.480 e. The number of carboxylic acids is 1. The topological polar surface area (TPSA) is 40.5 Å². The van der Waals surface area contributed by atoms with E-state index in [-0.39, 0.29) is 18.0 Å². The molecule has 1 fully saturated rings. The minimum absolute atomic E-state index is 0.0165. The van der Waals surface area contributed by atoms with Gasteiger partial charge in [0.25, 0.3) is 0 Å². The van der Waals surface area contributed by atoms with Crippen molar-refractivity contribution >= 4 is 5.97 Å². The summed E-state index contributed by atoms with van der Waals surface area (Å²) >= 11 is 0. The van der Waals surface area contributed by atoms with Gasteiger partial charge < -0.3 is 5.11 Å². The number of aliphatic carboxylic acids is 1. The Bertz CT molecular complexity index is 479. The molecule has 2 atom stereocenters. The lowest BCUT2D eigenvalue weighted by Crippen LogP contribution is -2.48. The predicted octanol–water partition coefficient (Wildman–Crippen LogP) is 2.65. The van der Waals surface area contributed by atoms with E-state index in [4.69, 9.17) is 0 Å². The molecule has 2 rings (SSSR count). The summed E-state index contributed by atoms with van der Waals surface area (Å²) in [6, 6.07) is 3.37. The normalized spacial score (nSPS) is 24.4. The summed E-state index contributed by atoms with van der Waals surface area (Å²) in [6.45, 7) is 2.61. The monoisotopic (exact) mass is 269 g/mol. The van der Waals surface area contributed by atoms with Crippen molar-refractivity contribution in [3.63, 3.8) is 0 Å². The highest BCUT2D eigenvalue weighted by Gasteiger charge is 2.34. The van der Waals surface area contributed by atoms with E-state index in [2.05, 4.69) is 0 Å². The molecule has 0 spiro atoms. The van der Waals surface area contributed by atoms with Crippen LogP contribution >= 0.6 is 0 Å². The molecule has 104 valence electrons. The van der Waals surface area contributed by atoms with E-state index in [9.17, 15) is 18.7 Å². The van der Waals surface area contributed by atoms with Crippen molar-refractivity contribution < 1.29 is 18.7 Å². The Hall–Kier alpha value is -1.49. The molecular weight excluding hydrogens is 252 g/mol. The number of hydrogen-bond acceptors (Lipinski definition) is 2. The molecule has 3 nitrogen and oxygen atoms in total. The van der Waals surface area contributed by atoms with E-state index >= 15 is 0 Å². The molecule has 1 aromatic carbocycles. The third kappa shape index (κ3) is 2.92. The van der Waals surface area contributed by atoms with E-state index in [1.54, 1.807) is 4.90 Å². The Balaban J connectivity index is 2.20.